The van der Waals surface area contributed by atoms with Gasteiger partial charge in [-0.05, 0) is 51.2 Å². The summed E-state index contributed by atoms with van der Waals surface area (Å²) >= 11 is 0. The normalized spacial score (nSPS) is 21.6. The predicted molar refractivity (Wildman–Crippen MR) is 84.8 cm³/mol. The van der Waals surface area contributed by atoms with Gasteiger partial charge in [-0.2, -0.15) is 0 Å². The van der Waals surface area contributed by atoms with Crippen LogP contribution in [0.2, 0.25) is 0 Å². The van der Waals surface area contributed by atoms with E-state index in [0.717, 1.165) is 31.6 Å². The number of rotatable bonds is 6. The second-order valence-corrected chi connectivity index (χ2v) is 7.43. The molecule has 0 saturated carbocycles. The SMILES string of the molecule is CCNC(C)c1cccc(S(=O)(=O)NC2CCN(C)C2)c1. The summed E-state index contributed by atoms with van der Waals surface area (Å²) in [5, 5.41) is 3.30. The fourth-order valence-corrected chi connectivity index (χ4v) is 4.01. The average molecular weight is 311 g/mol. The molecule has 2 unspecified atom stereocenters. The number of sulfonamides is 1. The second-order valence-electron chi connectivity index (χ2n) is 5.72. The minimum atomic E-state index is -3.44. The molecule has 1 aromatic carbocycles. The molecule has 6 heteroatoms. The number of hydrogen-bond acceptors (Lipinski definition) is 4. The lowest BCUT2D eigenvalue weighted by Gasteiger charge is -2.16. The van der Waals surface area contributed by atoms with Gasteiger partial charge in [0.2, 0.25) is 10.0 Å². The Morgan fingerprint density at radius 3 is 2.81 bits per heavy atom. The first-order valence-corrected chi connectivity index (χ1v) is 8.95. The van der Waals surface area contributed by atoms with Crippen molar-refractivity contribution >= 4 is 10.0 Å². The third kappa shape index (κ3) is 4.26. The molecule has 1 saturated heterocycles. The molecule has 0 spiro atoms. The van der Waals surface area contributed by atoms with E-state index in [1.54, 1.807) is 18.2 Å². The van der Waals surface area contributed by atoms with Gasteiger partial charge in [-0.1, -0.05) is 19.1 Å². The van der Waals surface area contributed by atoms with Crippen molar-refractivity contribution < 1.29 is 8.42 Å². The third-order valence-electron chi connectivity index (χ3n) is 3.89. The summed E-state index contributed by atoms with van der Waals surface area (Å²) in [5.74, 6) is 0. The number of likely N-dealkylation sites (N-methyl/N-ethyl adjacent to an activating group) is 1. The van der Waals surface area contributed by atoms with Crippen molar-refractivity contribution in [2.75, 3.05) is 26.7 Å². The van der Waals surface area contributed by atoms with Gasteiger partial charge in [0.25, 0.3) is 0 Å². The predicted octanol–water partition coefficient (Wildman–Crippen LogP) is 1.34. The molecule has 0 radical (unpaired) electrons. The topological polar surface area (TPSA) is 61.4 Å². The van der Waals surface area contributed by atoms with Crippen LogP contribution in [0.4, 0.5) is 0 Å². The Bertz CT molecular complexity index is 574. The Balaban J connectivity index is 2.14. The van der Waals surface area contributed by atoms with Crippen molar-refractivity contribution in [3.63, 3.8) is 0 Å². The van der Waals surface area contributed by atoms with E-state index in [9.17, 15) is 8.42 Å². The highest BCUT2D eigenvalue weighted by Gasteiger charge is 2.25. The Morgan fingerprint density at radius 2 is 2.19 bits per heavy atom. The lowest BCUT2D eigenvalue weighted by molar-refractivity contribution is 0.407. The van der Waals surface area contributed by atoms with Gasteiger partial charge in [-0.25, -0.2) is 13.1 Å². The van der Waals surface area contributed by atoms with Crippen LogP contribution in [0.1, 0.15) is 31.9 Å². The molecule has 2 rings (SSSR count). The first kappa shape index (κ1) is 16.4. The molecule has 1 aliphatic heterocycles. The summed E-state index contributed by atoms with van der Waals surface area (Å²) in [6, 6.07) is 7.32. The minimum absolute atomic E-state index is 0.00912. The van der Waals surface area contributed by atoms with Gasteiger partial charge in [-0.15, -0.1) is 0 Å². The van der Waals surface area contributed by atoms with Crippen LogP contribution in [0.15, 0.2) is 29.2 Å². The highest BCUT2D eigenvalue weighted by molar-refractivity contribution is 7.89. The van der Waals surface area contributed by atoms with Crippen molar-refractivity contribution in [1.82, 2.24) is 14.9 Å². The Kier molecular flexibility index (Phi) is 5.37. The monoisotopic (exact) mass is 311 g/mol. The van der Waals surface area contributed by atoms with Gasteiger partial charge in [0, 0.05) is 18.6 Å². The van der Waals surface area contributed by atoms with Crippen molar-refractivity contribution in [3.8, 4) is 0 Å². The van der Waals surface area contributed by atoms with Crippen LogP contribution < -0.4 is 10.0 Å². The van der Waals surface area contributed by atoms with E-state index in [0.29, 0.717) is 4.90 Å². The lowest BCUT2D eigenvalue weighted by atomic mass is 10.1. The zero-order valence-corrected chi connectivity index (χ0v) is 13.8. The van der Waals surface area contributed by atoms with E-state index in [2.05, 4.69) is 14.9 Å². The molecular formula is C15H25N3O2S. The second kappa shape index (κ2) is 6.87. The van der Waals surface area contributed by atoms with E-state index in [-0.39, 0.29) is 12.1 Å². The summed E-state index contributed by atoms with van der Waals surface area (Å²) < 4.78 is 27.8. The van der Waals surface area contributed by atoms with E-state index in [4.69, 9.17) is 0 Å². The molecule has 1 fully saturated rings. The maximum absolute atomic E-state index is 12.5. The molecule has 21 heavy (non-hydrogen) atoms. The molecule has 1 aliphatic rings. The van der Waals surface area contributed by atoms with Gasteiger partial charge in [0.15, 0.2) is 0 Å². The fraction of sp³-hybridized carbons (Fsp3) is 0.600. The van der Waals surface area contributed by atoms with Crippen LogP contribution in [-0.4, -0.2) is 46.0 Å². The van der Waals surface area contributed by atoms with Crippen molar-refractivity contribution in [3.05, 3.63) is 29.8 Å². The largest absolute Gasteiger partial charge is 0.310 e. The summed E-state index contributed by atoms with van der Waals surface area (Å²) in [6.07, 6.45) is 0.864. The van der Waals surface area contributed by atoms with E-state index < -0.39 is 10.0 Å². The summed E-state index contributed by atoms with van der Waals surface area (Å²) in [7, 11) is -1.44. The maximum Gasteiger partial charge on any atom is 0.240 e. The molecule has 0 aromatic heterocycles. The van der Waals surface area contributed by atoms with Gasteiger partial charge >= 0.3 is 0 Å². The molecule has 0 amide bonds. The number of hydrogen-bond donors (Lipinski definition) is 2. The zero-order valence-electron chi connectivity index (χ0n) is 13.0. The summed E-state index contributed by atoms with van der Waals surface area (Å²) in [4.78, 5) is 2.48. The number of nitrogens with zero attached hydrogens (tertiary/aromatic N) is 1. The van der Waals surface area contributed by atoms with E-state index in [1.807, 2.05) is 27.0 Å². The highest BCUT2D eigenvalue weighted by Crippen LogP contribution is 2.18. The molecule has 0 bridgehead atoms. The smallest absolute Gasteiger partial charge is 0.240 e. The van der Waals surface area contributed by atoms with Crippen LogP contribution >= 0.6 is 0 Å². The molecule has 2 atom stereocenters. The van der Waals surface area contributed by atoms with Gasteiger partial charge in [0.05, 0.1) is 4.90 Å². The maximum atomic E-state index is 12.5. The highest BCUT2D eigenvalue weighted by atomic mass is 32.2. The van der Waals surface area contributed by atoms with Crippen LogP contribution in [0.5, 0.6) is 0 Å². The van der Waals surface area contributed by atoms with Gasteiger partial charge in [-0.3, -0.25) is 0 Å². The first-order valence-electron chi connectivity index (χ1n) is 7.46. The summed E-state index contributed by atoms with van der Waals surface area (Å²) in [5.41, 5.74) is 0.989. The van der Waals surface area contributed by atoms with Crippen molar-refractivity contribution in [2.24, 2.45) is 0 Å². The van der Waals surface area contributed by atoms with E-state index in [1.165, 1.54) is 0 Å². The number of nitrogens with one attached hydrogen (secondary N) is 2. The Morgan fingerprint density at radius 1 is 1.43 bits per heavy atom. The van der Waals surface area contributed by atoms with Crippen molar-refractivity contribution in [2.45, 2.75) is 37.2 Å². The Labute approximate surface area is 127 Å². The van der Waals surface area contributed by atoms with Crippen molar-refractivity contribution in [1.29, 1.82) is 0 Å². The molecule has 0 aliphatic carbocycles. The molecular weight excluding hydrogens is 286 g/mol. The first-order chi connectivity index (χ1) is 9.92. The molecule has 5 nitrogen and oxygen atoms in total. The molecule has 2 N–H and O–H groups in total. The minimum Gasteiger partial charge on any atom is -0.310 e. The average Bonchev–Trinajstić information content (AvgIpc) is 2.84. The standard InChI is InChI=1S/C15H25N3O2S/c1-4-16-12(2)13-6-5-7-15(10-13)21(19,20)17-14-8-9-18(3)11-14/h5-7,10,12,14,16-17H,4,8-9,11H2,1-3H3. The van der Waals surface area contributed by atoms with Crippen LogP contribution in [-0.2, 0) is 10.0 Å². The number of likely N-dealkylation sites (tertiary alicyclic amines) is 1. The van der Waals surface area contributed by atoms with Crippen LogP contribution in [0.25, 0.3) is 0 Å². The van der Waals surface area contributed by atoms with Crippen LogP contribution in [0, 0.1) is 0 Å². The van der Waals surface area contributed by atoms with E-state index >= 15 is 0 Å². The molecule has 1 aromatic rings. The molecule has 1 heterocycles. The lowest BCUT2D eigenvalue weighted by Crippen LogP contribution is -2.36. The molecule has 118 valence electrons. The van der Waals surface area contributed by atoms with Gasteiger partial charge < -0.3 is 10.2 Å². The zero-order chi connectivity index (χ0) is 15.5. The third-order valence-corrected chi connectivity index (χ3v) is 5.41. The Hall–Kier alpha value is -0.950. The van der Waals surface area contributed by atoms with Gasteiger partial charge in [0.1, 0.15) is 0 Å². The summed E-state index contributed by atoms with van der Waals surface area (Å²) in [6.45, 7) is 6.63. The van der Waals surface area contributed by atoms with Crippen LogP contribution in [0.3, 0.4) is 0 Å². The fourth-order valence-electron chi connectivity index (χ4n) is 2.69. The number of benzene rings is 1. The quantitative estimate of drug-likeness (QED) is 0.832.